The first-order chi connectivity index (χ1) is 14.2. The van der Waals surface area contributed by atoms with E-state index < -0.39 is 0 Å². The van der Waals surface area contributed by atoms with E-state index in [0.717, 1.165) is 45.3 Å². The van der Waals surface area contributed by atoms with Gasteiger partial charge in [0.1, 0.15) is 12.4 Å². The van der Waals surface area contributed by atoms with Crippen LogP contribution in [-0.2, 0) is 6.61 Å². The molecule has 4 aromatic rings. The number of H-pyrrole nitrogens is 2. The quantitative estimate of drug-likeness (QED) is 0.432. The molecular formula is C25H21N3O. The summed E-state index contributed by atoms with van der Waals surface area (Å²) in [5, 5.41) is 1.18. The number of nitrogens with zero attached hydrogens (tertiary/aromatic N) is 1. The van der Waals surface area contributed by atoms with Crippen LogP contribution in [-0.4, -0.2) is 15.7 Å². The Bertz CT molecular complexity index is 1220. The van der Waals surface area contributed by atoms with E-state index in [1.165, 1.54) is 5.39 Å². The zero-order valence-electron chi connectivity index (χ0n) is 16.1. The van der Waals surface area contributed by atoms with Crippen LogP contribution in [0.3, 0.4) is 0 Å². The molecule has 0 aliphatic carbocycles. The lowest BCUT2D eigenvalue weighted by atomic mass is 10.2. The molecule has 142 valence electrons. The maximum atomic E-state index is 6.17. The van der Waals surface area contributed by atoms with Crippen molar-refractivity contribution >= 4 is 22.7 Å². The van der Waals surface area contributed by atoms with Crippen molar-refractivity contribution < 1.29 is 4.74 Å². The van der Waals surface area contributed by atoms with Crippen molar-refractivity contribution in [3.05, 3.63) is 95.8 Å². The molecule has 0 spiro atoms. The average Bonchev–Trinajstić information content (AvgIpc) is 3.45. The lowest BCUT2D eigenvalue weighted by Crippen LogP contribution is -1.95. The third-order valence-corrected chi connectivity index (χ3v) is 4.96. The smallest absolute Gasteiger partial charge is 0.145 e. The molecule has 0 saturated carbocycles. The number of nitrogens with one attached hydrogen (secondary N) is 2. The first kappa shape index (κ1) is 17.3. The number of hydrogen-bond acceptors (Lipinski definition) is 2. The van der Waals surface area contributed by atoms with Gasteiger partial charge in [-0.2, -0.15) is 0 Å². The van der Waals surface area contributed by atoms with Crippen LogP contribution in [0, 0.1) is 0 Å². The number of rotatable bonds is 5. The van der Waals surface area contributed by atoms with Crippen molar-refractivity contribution in [1.29, 1.82) is 0 Å². The number of allylic oxidation sites excluding steroid dienone is 2. The van der Waals surface area contributed by atoms with Crippen LogP contribution in [0.15, 0.2) is 89.6 Å². The Kier molecular flexibility index (Phi) is 4.37. The minimum Gasteiger partial charge on any atom is -0.487 e. The minimum absolute atomic E-state index is 0.513. The Morgan fingerprint density at radius 2 is 1.69 bits per heavy atom. The van der Waals surface area contributed by atoms with Crippen LogP contribution >= 0.6 is 0 Å². The number of benzene rings is 2. The Hall–Kier alpha value is -3.79. The molecule has 4 nitrogen and oxygen atoms in total. The molecule has 0 saturated heterocycles. The van der Waals surface area contributed by atoms with Crippen molar-refractivity contribution in [2.45, 2.75) is 13.5 Å². The fraction of sp³-hybridized carbons (Fsp3) is 0.0800. The van der Waals surface area contributed by atoms with Gasteiger partial charge in [0.25, 0.3) is 0 Å². The molecule has 2 aromatic carbocycles. The Labute approximate surface area is 169 Å². The molecule has 0 atom stereocenters. The zero-order valence-corrected chi connectivity index (χ0v) is 16.1. The summed E-state index contributed by atoms with van der Waals surface area (Å²) in [6, 6.07) is 22.7. The van der Waals surface area contributed by atoms with Crippen molar-refractivity contribution in [2.75, 3.05) is 0 Å². The minimum atomic E-state index is 0.513. The van der Waals surface area contributed by atoms with Crippen LogP contribution in [0.5, 0.6) is 5.75 Å². The third kappa shape index (κ3) is 3.65. The first-order valence-electron chi connectivity index (χ1n) is 9.67. The Balaban J connectivity index is 1.51. The van der Waals surface area contributed by atoms with Crippen molar-refractivity contribution in [3.63, 3.8) is 0 Å². The predicted octanol–water partition coefficient (Wildman–Crippen LogP) is 6.11. The maximum Gasteiger partial charge on any atom is 0.145 e. The van der Waals surface area contributed by atoms with E-state index >= 15 is 0 Å². The molecule has 3 heterocycles. The van der Waals surface area contributed by atoms with Gasteiger partial charge in [-0.05, 0) is 42.8 Å². The fourth-order valence-corrected chi connectivity index (χ4v) is 3.49. The maximum absolute atomic E-state index is 6.17. The van der Waals surface area contributed by atoms with Gasteiger partial charge in [-0.25, -0.2) is 0 Å². The highest BCUT2D eigenvalue weighted by atomic mass is 16.5. The summed E-state index contributed by atoms with van der Waals surface area (Å²) in [7, 11) is 0. The summed E-state index contributed by atoms with van der Waals surface area (Å²) < 4.78 is 6.17. The highest BCUT2D eigenvalue weighted by molar-refractivity contribution is 5.97. The second-order valence-corrected chi connectivity index (χ2v) is 7.16. The summed E-state index contributed by atoms with van der Waals surface area (Å²) in [4.78, 5) is 11.5. The number of aromatic amines is 2. The number of aliphatic imine (C=N–C) groups is 1. The summed E-state index contributed by atoms with van der Waals surface area (Å²) in [6.07, 6.45) is 6.05. The lowest BCUT2D eigenvalue weighted by Gasteiger charge is -2.05. The molecule has 29 heavy (non-hydrogen) atoms. The highest BCUT2D eigenvalue weighted by Crippen LogP contribution is 2.31. The molecule has 0 radical (unpaired) electrons. The molecule has 0 amide bonds. The average molecular weight is 379 g/mol. The highest BCUT2D eigenvalue weighted by Gasteiger charge is 2.13. The van der Waals surface area contributed by atoms with Crippen LogP contribution in [0.2, 0.25) is 0 Å². The van der Waals surface area contributed by atoms with Gasteiger partial charge in [0.05, 0.1) is 22.8 Å². The molecule has 0 bridgehead atoms. The molecule has 0 unspecified atom stereocenters. The second-order valence-electron chi connectivity index (χ2n) is 7.16. The van der Waals surface area contributed by atoms with E-state index in [9.17, 15) is 0 Å². The van der Waals surface area contributed by atoms with Crippen LogP contribution in [0.25, 0.3) is 28.4 Å². The van der Waals surface area contributed by atoms with Gasteiger partial charge in [-0.3, -0.25) is 4.99 Å². The van der Waals surface area contributed by atoms with Gasteiger partial charge in [-0.15, -0.1) is 0 Å². The van der Waals surface area contributed by atoms with Crippen LogP contribution in [0.1, 0.15) is 18.2 Å². The van der Waals surface area contributed by atoms with Gasteiger partial charge >= 0.3 is 0 Å². The van der Waals surface area contributed by atoms with E-state index in [0.29, 0.717) is 6.61 Å². The van der Waals surface area contributed by atoms with Gasteiger partial charge < -0.3 is 14.7 Å². The topological polar surface area (TPSA) is 53.2 Å². The monoisotopic (exact) mass is 379 g/mol. The lowest BCUT2D eigenvalue weighted by molar-refractivity contribution is 0.306. The normalized spacial score (nSPS) is 14.7. The third-order valence-electron chi connectivity index (χ3n) is 4.96. The number of fused-ring (bicyclic) bond motifs is 1. The number of ether oxygens (including phenoxy) is 1. The largest absolute Gasteiger partial charge is 0.487 e. The molecular weight excluding hydrogens is 358 g/mol. The molecule has 1 aliphatic rings. The summed E-state index contributed by atoms with van der Waals surface area (Å²) in [5.74, 6) is 0.808. The molecule has 0 fully saturated rings. The van der Waals surface area contributed by atoms with E-state index in [1.807, 2.05) is 55.5 Å². The summed E-state index contributed by atoms with van der Waals surface area (Å²) in [6.45, 7) is 2.51. The van der Waals surface area contributed by atoms with Gasteiger partial charge in [0.15, 0.2) is 0 Å². The van der Waals surface area contributed by atoms with E-state index in [2.05, 4.69) is 51.4 Å². The standard InChI is InChI=1S/C25H21N3O/c1-17-11-12-20(26-17)14-24-25(29-16-18-7-3-2-4-8-18)15-23(28-24)22-13-19-9-5-6-10-21(19)27-22/h2-15,27-28H,16H2,1H3/b20-14-. The molecule has 2 aromatic heterocycles. The number of hydrogen-bond donors (Lipinski definition) is 2. The van der Waals surface area contributed by atoms with E-state index in [4.69, 9.17) is 4.74 Å². The second kappa shape index (κ2) is 7.32. The van der Waals surface area contributed by atoms with Gasteiger partial charge in [-0.1, -0.05) is 48.5 Å². The molecule has 1 aliphatic heterocycles. The zero-order chi connectivity index (χ0) is 19.6. The number of aromatic nitrogens is 2. The van der Waals surface area contributed by atoms with Gasteiger partial charge in [0.2, 0.25) is 0 Å². The van der Waals surface area contributed by atoms with Crippen LogP contribution < -0.4 is 4.74 Å². The van der Waals surface area contributed by atoms with E-state index in [1.54, 1.807) is 0 Å². The van der Waals surface area contributed by atoms with Crippen LogP contribution in [0.4, 0.5) is 0 Å². The molecule has 5 rings (SSSR count). The predicted molar refractivity (Wildman–Crippen MR) is 119 cm³/mol. The summed E-state index contributed by atoms with van der Waals surface area (Å²) in [5.41, 5.74) is 7.09. The fourth-order valence-electron chi connectivity index (χ4n) is 3.49. The Morgan fingerprint density at radius 3 is 2.48 bits per heavy atom. The van der Waals surface area contributed by atoms with E-state index in [-0.39, 0.29) is 0 Å². The summed E-state index contributed by atoms with van der Waals surface area (Å²) >= 11 is 0. The first-order valence-corrected chi connectivity index (χ1v) is 9.67. The SMILES string of the molecule is CC1=N/C(=C\c2[nH]c(-c3cc4ccccc4[nH]3)cc2OCc2ccccc2)C=C1. The molecule has 4 heteroatoms. The van der Waals surface area contributed by atoms with Crippen molar-refractivity contribution in [2.24, 2.45) is 4.99 Å². The van der Waals surface area contributed by atoms with Crippen molar-refractivity contribution in [3.8, 4) is 17.1 Å². The van der Waals surface area contributed by atoms with Gasteiger partial charge in [0, 0.05) is 22.7 Å². The molecule has 2 N–H and O–H groups in total. The Morgan fingerprint density at radius 1 is 0.897 bits per heavy atom. The number of para-hydroxylation sites is 1. The van der Waals surface area contributed by atoms with Crippen molar-refractivity contribution in [1.82, 2.24) is 9.97 Å².